The topological polar surface area (TPSA) is 23.5 Å². The van der Waals surface area contributed by atoms with E-state index in [1.807, 2.05) is 18.9 Å². The largest absolute Gasteiger partial charge is 0.495 e. The minimum atomic E-state index is 0.391. The van der Waals surface area contributed by atoms with Gasteiger partial charge in [0.15, 0.2) is 5.88 Å². The zero-order valence-electron chi connectivity index (χ0n) is 12.2. The van der Waals surface area contributed by atoms with Gasteiger partial charge in [0.1, 0.15) is 0 Å². The van der Waals surface area contributed by atoms with Gasteiger partial charge in [-0.2, -0.15) is 0 Å². The maximum Gasteiger partial charge on any atom is 0.182 e. The van der Waals surface area contributed by atoms with Crippen molar-refractivity contribution in [1.82, 2.24) is 4.90 Å². The molecule has 0 saturated carbocycles. The Morgan fingerprint density at radius 1 is 1.06 bits per heavy atom. The summed E-state index contributed by atoms with van der Waals surface area (Å²) in [5.74, 6) is 1.24. The first-order valence-corrected chi connectivity index (χ1v) is 7.14. The summed E-state index contributed by atoms with van der Waals surface area (Å²) in [6.07, 6.45) is 11.0. The van der Waals surface area contributed by atoms with Crippen LogP contribution in [0.15, 0.2) is 12.0 Å². The van der Waals surface area contributed by atoms with E-state index in [4.69, 9.17) is 0 Å². The Kier molecular flexibility index (Phi) is 10.1. The number of hydrogen-bond acceptors (Lipinski definition) is 2. The molecule has 0 saturated heterocycles. The average Bonchev–Trinajstić information content (AvgIpc) is 2.30. The summed E-state index contributed by atoms with van der Waals surface area (Å²) in [6.45, 7) is 7.41. The van der Waals surface area contributed by atoms with Crippen LogP contribution in [0.25, 0.3) is 0 Å². The third-order valence-electron chi connectivity index (χ3n) is 3.17. The predicted molar refractivity (Wildman–Crippen MR) is 76.2 cm³/mol. The lowest BCUT2D eigenvalue weighted by Crippen LogP contribution is -2.18. The van der Waals surface area contributed by atoms with E-state index in [1.165, 1.54) is 44.9 Å². The highest BCUT2D eigenvalue weighted by Crippen LogP contribution is 2.11. The Morgan fingerprint density at radius 2 is 1.59 bits per heavy atom. The molecule has 2 heteroatoms. The van der Waals surface area contributed by atoms with Gasteiger partial charge in [-0.15, -0.1) is 0 Å². The molecule has 0 aliphatic carbocycles. The fourth-order valence-corrected chi connectivity index (χ4v) is 1.94. The summed E-state index contributed by atoms with van der Waals surface area (Å²) in [4.78, 5) is 1.92. The molecule has 0 fully saturated rings. The first-order valence-electron chi connectivity index (χ1n) is 7.14. The molecule has 0 heterocycles. The van der Waals surface area contributed by atoms with E-state index in [9.17, 15) is 5.11 Å². The highest BCUT2D eigenvalue weighted by Gasteiger charge is 2.00. The van der Waals surface area contributed by atoms with Crippen molar-refractivity contribution in [2.75, 3.05) is 13.6 Å². The highest BCUT2D eigenvalue weighted by molar-refractivity contribution is 4.85. The lowest BCUT2D eigenvalue weighted by Gasteiger charge is -2.17. The maximum atomic E-state index is 9.44. The predicted octanol–water partition coefficient (Wildman–Crippen LogP) is 4.72. The average molecular weight is 241 g/mol. The van der Waals surface area contributed by atoms with E-state index in [1.54, 1.807) is 6.08 Å². The molecule has 0 bridgehead atoms. The molecule has 0 amide bonds. The molecule has 1 N–H and O–H groups in total. The smallest absolute Gasteiger partial charge is 0.182 e. The number of allylic oxidation sites excluding steroid dienone is 1. The fourth-order valence-electron chi connectivity index (χ4n) is 1.94. The van der Waals surface area contributed by atoms with Crippen molar-refractivity contribution >= 4 is 0 Å². The number of rotatable bonds is 10. The van der Waals surface area contributed by atoms with E-state index in [-0.39, 0.29) is 0 Å². The Bertz CT molecular complexity index is 199. The van der Waals surface area contributed by atoms with Crippen molar-refractivity contribution < 1.29 is 5.11 Å². The van der Waals surface area contributed by atoms with E-state index >= 15 is 0 Å². The molecule has 0 aromatic heterocycles. The summed E-state index contributed by atoms with van der Waals surface area (Å²) >= 11 is 0. The lowest BCUT2D eigenvalue weighted by atomic mass is 10.0. The van der Waals surface area contributed by atoms with Crippen molar-refractivity contribution in [1.29, 1.82) is 0 Å². The van der Waals surface area contributed by atoms with Crippen LogP contribution in [0, 0.1) is 5.92 Å². The zero-order chi connectivity index (χ0) is 13.1. The number of aliphatic hydroxyl groups is 1. The molecule has 17 heavy (non-hydrogen) atoms. The third-order valence-corrected chi connectivity index (χ3v) is 3.17. The van der Waals surface area contributed by atoms with Gasteiger partial charge in [-0.05, 0) is 25.3 Å². The lowest BCUT2D eigenvalue weighted by molar-refractivity contribution is 0.228. The van der Waals surface area contributed by atoms with Gasteiger partial charge in [0.25, 0.3) is 0 Å². The molecule has 0 unspecified atom stereocenters. The molecule has 0 aliphatic heterocycles. The van der Waals surface area contributed by atoms with Crippen LogP contribution in [0.5, 0.6) is 0 Å². The van der Waals surface area contributed by atoms with Crippen LogP contribution < -0.4 is 0 Å². The molecule has 0 spiro atoms. The van der Waals surface area contributed by atoms with Gasteiger partial charge in [0, 0.05) is 13.6 Å². The van der Waals surface area contributed by atoms with E-state index in [0.29, 0.717) is 5.88 Å². The Balaban J connectivity index is 3.24. The molecular weight excluding hydrogens is 210 g/mol. The second-order valence-corrected chi connectivity index (χ2v) is 5.37. The van der Waals surface area contributed by atoms with Crippen LogP contribution in [0.2, 0.25) is 0 Å². The number of aliphatic hydroxyl groups excluding tert-OH is 1. The van der Waals surface area contributed by atoms with Crippen LogP contribution in [0.1, 0.15) is 65.7 Å². The standard InChI is InChI=1S/C15H31NO/c1-5-15(17)16(4)13-11-9-7-6-8-10-12-14(2)3/h5,14,17H,6-13H2,1-4H3/b15-5+. The Hall–Kier alpha value is -0.660. The van der Waals surface area contributed by atoms with Crippen LogP contribution in [-0.4, -0.2) is 23.6 Å². The van der Waals surface area contributed by atoms with Crippen molar-refractivity contribution in [3.63, 3.8) is 0 Å². The first-order chi connectivity index (χ1) is 8.07. The zero-order valence-corrected chi connectivity index (χ0v) is 12.2. The summed E-state index contributed by atoms with van der Waals surface area (Å²) in [6, 6.07) is 0. The van der Waals surface area contributed by atoms with Gasteiger partial charge in [-0.3, -0.25) is 0 Å². The number of nitrogens with zero attached hydrogens (tertiary/aromatic N) is 1. The van der Waals surface area contributed by atoms with Crippen LogP contribution in [0.4, 0.5) is 0 Å². The second kappa shape index (κ2) is 10.5. The van der Waals surface area contributed by atoms with Crippen molar-refractivity contribution in [3.8, 4) is 0 Å². The van der Waals surface area contributed by atoms with Crippen LogP contribution >= 0.6 is 0 Å². The summed E-state index contributed by atoms with van der Waals surface area (Å²) in [5, 5.41) is 9.44. The number of unbranched alkanes of at least 4 members (excludes halogenated alkanes) is 5. The number of hydrogen-bond donors (Lipinski definition) is 1. The van der Waals surface area contributed by atoms with E-state index in [2.05, 4.69) is 13.8 Å². The van der Waals surface area contributed by atoms with Gasteiger partial charge in [-0.1, -0.05) is 52.4 Å². The molecule has 102 valence electrons. The third kappa shape index (κ3) is 10.2. The summed E-state index contributed by atoms with van der Waals surface area (Å²) in [5.41, 5.74) is 0. The molecular formula is C15H31NO. The summed E-state index contributed by atoms with van der Waals surface area (Å²) in [7, 11) is 1.94. The molecule has 0 radical (unpaired) electrons. The van der Waals surface area contributed by atoms with E-state index in [0.717, 1.165) is 12.5 Å². The monoisotopic (exact) mass is 241 g/mol. The normalized spacial score (nSPS) is 12.2. The Labute approximate surface area is 108 Å². The molecule has 0 aliphatic rings. The minimum absolute atomic E-state index is 0.391. The van der Waals surface area contributed by atoms with Gasteiger partial charge < -0.3 is 10.0 Å². The highest BCUT2D eigenvalue weighted by atomic mass is 16.3. The SMILES string of the molecule is C/C=C(/O)N(C)CCCCCCCCC(C)C. The first kappa shape index (κ1) is 16.3. The molecule has 2 nitrogen and oxygen atoms in total. The van der Waals surface area contributed by atoms with Crippen molar-refractivity contribution in [2.24, 2.45) is 5.92 Å². The fraction of sp³-hybridized carbons (Fsp3) is 0.867. The quantitative estimate of drug-likeness (QED) is 0.442. The molecule has 0 aromatic carbocycles. The van der Waals surface area contributed by atoms with Crippen molar-refractivity contribution in [3.05, 3.63) is 12.0 Å². The second-order valence-electron chi connectivity index (χ2n) is 5.37. The Morgan fingerprint density at radius 3 is 2.12 bits per heavy atom. The minimum Gasteiger partial charge on any atom is -0.495 e. The maximum absolute atomic E-state index is 9.44. The van der Waals surface area contributed by atoms with Crippen molar-refractivity contribution in [2.45, 2.75) is 65.7 Å². The summed E-state index contributed by atoms with van der Waals surface area (Å²) < 4.78 is 0. The molecule has 0 rings (SSSR count). The molecule has 0 aromatic rings. The van der Waals surface area contributed by atoms with Crippen LogP contribution in [0.3, 0.4) is 0 Å². The van der Waals surface area contributed by atoms with Gasteiger partial charge in [-0.25, -0.2) is 0 Å². The van der Waals surface area contributed by atoms with Gasteiger partial charge >= 0.3 is 0 Å². The van der Waals surface area contributed by atoms with Gasteiger partial charge in [0.05, 0.1) is 0 Å². The van der Waals surface area contributed by atoms with Gasteiger partial charge in [0.2, 0.25) is 0 Å². The van der Waals surface area contributed by atoms with E-state index < -0.39 is 0 Å². The molecule has 0 atom stereocenters. The van der Waals surface area contributed by atoms with Crippen LogP contribution in [-0.2, 0) is 0 Å².